The van der Waals surface area contributed by atoms with E-state index in [0.717, 1.165) is 34.1 Å². The number of nitrogens with zero attached hydrogens (tertiary/aromatic N) is 1. The Labute approximate surface area is 151 Å². The molecule has 2 aromatic carbocycles. The first kappa shape index (κ1) is 17.1. The van der Waals surface area contributed by atoms with Crippen LogP contribution in [0.15, 0.2) is 42.5 Å². The summed E-state index contributed by atoms with van der Waals surface area (Å²) >= 11 is 6.17. The van der Waals surface area contributed by atoms with Crippen molar-refractivity contribution >= 4 is 28.5 Å². The van der Waals surface area contributed by atoms with Crippen molar-refractivity contribution in [2.75, 3.05) is 7.11 Å². The van der Waals surface area contributed by atoms with Gasteiger partial charge in [0.25, 0.3) is 0 Å². The molecule has 0 amide bonds. The number of hydrogen-bond donors (Lipinski definition) is 1. The van der Waals surface area contributed by atoms with Crippen LogP contribution in [0.3, 0.4) is 0 Å². The number of nitriles is 1. The first-order chi connectivity index (χ1) is 12.1. The zero-order valence-corrected chi connectivity index (χ0v) is 14.6. The van der Waals surface area contributed by atoms with Gasteiger partial charge in [0.2, 0.25) is 0 Å². The standard InChI is InChI=1S/C20H17ClN2O2/c1-25-19(24)4-2-3-16-17-11-15(21)9-10-18(17)23-20(16)14-7-5-13(12-22)6-8-14/h5-11,23H,2-4H2,1H3. The summed E-state index contributed by atoms with van der Waals surface area (Å²) in [6.45, 7) is 0. The summed E-state index contributed by atoms with van der Waals surface area (Å²) in [5.41, 5.74) is 4.73. The Bertz CT molecular complexity index is 952. The minimum Gasteiger partial charge on any atom is -0.469 e. The highest BCUT2D eigenvalue weighted by Gasteiger charge is 2.14. The second kappa shape index (κ2) is 7.42. The van der Waals surface area contributed by atoms with E-state index in [9.17, 15) is 4.79 Å². The molecule has 0 bridgehead atoms. The van der Waals surface area contributed by atoms with E-state index in [4.69, 9.17) is 21.6 Å². The molecule has 0 fully saturated rings. The first-order valence-corrected chi connectivity index (χ1v) is 8.37. The van der Waals surface area contributed by atoms with Crippen molar-refractivity contribution < 1.29 is 9.53 Å². The number of esters is 1. The molecule has 0 aliphatic heterocycles. The van der Waals surface area contributed by atoms with Crippen LogP contribution < -0.4 is 0 Å². The predicted molar refractivity (Wildman–Crippen MR) is 98.4 cm³/mol. The van der Waals surface area contributed by atoms with Crippen molar-refractivity contribution in [3.05, 3.63) is 58.6 Å². The number of aryl methyl sites for hydroxylation is 1. The fraction of sp³-hybridized carbons (Fsp3) is 0.200. The van der Waals surface area contributed by atoms with E-state index in [0.29, 0.717) is 23.4 Å². The summed E-state index contributed by atoms with van der Waals surface area (Å²) < 4.78 is 4.72. The molecule has 1 heterocycles. The van der Waals surface area contributed by atoms with Gasteiger partial charge in [-0.15, -0.1) is 0 Å². The summed E-state index contributed by atoms with van der Waals surface area (Å²) in [6, 6.07) is 15.3. The number of halogens is 1. The van der Waals surface area contributed by atoms with Gasteiger partial charge in [-0.2, -0.15) is 5.26 Å². The quantitative estimate of drug-likeness (QED) is 0.667. The molecule has 0 unspecified atom stereocenters. The number of rotatable bonds is 5. The van der Waals surface area contributed by atoms with E-state index in [1.165, 1.54) is 7.11 Å². The number of fused-ring (bicyclic) bond motifs is 1. The molecule has 0 spiro atoms. The van der Waals surface area contributed by atoms with Gasteiger partial charge in [-0.25, -0.2) is 0 Å². The Balaban J connectivity index is 2.02. The van der Waals surface area contributed by atoms with Crippen molar-refractivity contribution in [1.82, 2.24) is 4.98 Å². The minimum atomic E-state index is -0.210. The lowest BCUT2D eigenvalue weighted by Gasteiger charge is -2.06. The number of H-pyrrole nitrogens is 1. The largest absolute Gasteiger partial charge is 0.469 e. The van der Waals surface area contributed by atoms with Crippen LogP contribution in [0.2, 0.25) is 5.02 Å². The molecule has 0 aliphatic rings. The molecule has 1 N–H and O–H groups in total. The highest BCUT2D eigenvalue weighted by Crippen LogP contribution is 2.33. The van der Waals surface area contributed by atoms with E-state index in [-0.39, 0.29) is 5.97 Å². The van der Waals surface area contributed by atoms with Crippen LogP contribution in [0.4, 0.5) is 0 Å². The molecule has 1 aromatic heterocycles. The van der Waals surface area contributed by atoms with Gasteiger partial charge in [0, 0.05) is 28.0 Å². The molecule has 0 radical (unpaired) electrons. The van der Waals surface area contributed by atoms with E-state index in [2.05, 4.69) is 11.1 Å². The fourth-order valence-electron chi connectivity index (χ4n) is 2.95. The van der Waals surface area contributed by atoms with Gasteiger partial charge in [0.05, 0.1) is 18.7 Å². The molecule has 3 rings (SSSR count). The van der Waals surface area contributed by atoms with Crippen molar-refractivity contribution in [3.63, 3.8) is 0 Å². The highest BCUT2D eigenvalue weighted by molar-refractivity contribution is 6.31. The van der Waals surface area contributed by atoms with Crippen LogP contribution in [0.5, 0.6) is 0 Å². The Morgan fingerprint density at radius 3 is 2.68 bits per heavy atom. The number of nitrogens with one attached hydrogen (secondary N) is 1. The SMILES string of the molecule is COC(=O)CCCc1c(-c2ccc(C#N)cc2)[nH]c2ccc(Cl)cc12. The van der Waals surface area contributed by atoms with Crippen LogP contribution in [-0.2, 0) is 16.0 Å². The normalized spacial score (nSPS) is 10.6. The lowest BCUT2D eigenvalue weighted by Crippen LogP contribution is -2.00. The Morgan fingerprint density at radius 2 is 2.00 bits per heavy atom. The first-order valence-electron chi connectivity index (χ1n) is 8.00. The van der Waals surface area contributed by atoms with E-state index >= 15 is 0 Å². The number of methoxy groups -OCH3 is 1. The Kier molecular flexibility index (Phi) is 5.06. The molecular weight excluding hydrogens is 336 g/mol. The molecule has 25 heavy (non-hydrogen) atoms. The van der Waals surface area contributed by atoms with Gasteiger partial charge in [-0.3, -0.25) is 4.79 Å². The van der Waals surface area contributed by atoms with Gasteiger partial charge in [-0.1, -0.05) is 23.7 Å². The maximum atomic E-state index is 11.4. The topological polar surface area (TPSA) is 65.9 Å². The van der Waals surface area contributed by atoms with Gasteiger partial charge >= 0.3 is 5.97 Å². The van der Waals surface area contributed by atoms with E-state index < -0.39 is 0 Å². The van der Waals surface area contributed by atoms with E-state index in [1.807, 2.05) is 30.3 Å². The number of aromatic amines is 1. The Morgan fingerprint density at radius 1 is 1.24 bits per heavy atom. The molecule has 5 heteroatoms. The molecule has 0 aliphatic carbocycles. The van der Waals surface area contributed by atoms with Crippen molar-refractivity contribution in [1.29, 1.82) is 5.26 Å². The third-order valence-electron chi connectivity index (χ3n) is 4.21. The summed E-state index contributed by atoms with van der Waals surface area (Å²) in [6.07, 6.45) is 1.79. The number of carbonyl (C=O) groups excluding carboxylic acids is 1. The third-order valence-corrected chi connectivity index (χ3v) is 4.44. The van der Waals surface area contributed by atoms with E-state index in [1.54, 1.807) is 12.1 Å². The zero-order chi connectivity index (χ0) is 17.8. The Hall–Kier alpha value is -2.77. The maximum absolute atomic E-state index is 11.4. The number of benzene rings is 2. The summed E-state index contributed by atoms with van der Waals surface area (Å²) in [5, 5.41) is 10.7. The fourth-order valence-corrected chi connectivity index (χ4v) is 3.12. The average Bonchev–Trinajstić information content (AvgIpc) is 2.99. The average molecular weight is 353 g/mol. The number of aromatic nitrogens is 1. The maximum Gasteiger partial charge on any atom is 0.305 e. The lowest BCUT2D eigenvalue weighted by molar-refractivity contribution is -0.140. The van der Waals surface area contributed by atoms with Gasteiger partial charge in [-0.05, 0) is 54.3 Å². The van der Waals surface area contributed by atoms with Crippen LogP contribution in [0.25, 0.3) is 22.2 Å². The molecule has 0 atom stereocenters. The predicted octanol–water partition coefficient (Wildman–Crippen LogP) is 4.86. The van der Waals surface area contributed by atoms with Crippen LogP contribution in [-0.4, -0.2) is 18.1 Å². The second-order valence-electron chi connectivity index (χ2n) is 5.79. The summed E-state index contributed by atoms with van der Waals surface area (Å²) in [7, 11) is 1.40. The molecule has 126 valence electrons. The molecule has 4 nitrogen and oxygen atoms in total. The number of ether oxygens (including phenoxy) is 1. The van der Waals surface area contributed by atoms with Crippen LogP contribution in [0.1, 0.15) is 24.0 Å². The van der Waals surface area contributed by atoms with Crippen LogP contribution >= 0.6 is 11.6 Å². The monoisotopic (exact) mass is 352 g/mol. The van der Waals surface area contributed by atoms with Gasteiger partial charge in [0.15, 0.2) is 0 Å². The summed E-state index contributed by atoms with van der Waals surface area (Å²) in [4.78, 5) is 14.8. The molecule has 3 aromatic rings. The highest BCUT2D eigenvalue weighted by atomic mass is 35.5. The van der Waals surface area contributed by atoms with Gasteiger partial charge < -0.3 is 9.72 Å². The van der Waals surface area contributed by atoms with Crippen molar-refractivity contribution in [3.8, 4) is 17.3 Å². The smallest absolute Gasteiger partial charge is 0.305 e. The minimum absolute atomic E-state index is 0.210. The zero-order valence-electron chi connectivity index (χ0n) is 13.8. The van der Waals surface area contributed by atoms with Crippen LogP contribution in [0, 0.1) is 11.3 Å². The second-order valence-corrected chi connectivity index (χ2v) is 6.22. The molecule has 0 saturated carbocycles. The van der Waals surface area contributed by atoms with Gasteiger partial charge in [0.1, 0.15) is 0 Å². The molecular formula is C20H17ClN2O2. The molecule has 0 saturated heterocycles. The lowest BCUT2D eigenvalue weighted by atomic mass is 9.99. The summed E-state index contributed by atoms with van der Waals surface area (Å²) in [5.74, 6) is -0.210. The number of hydrogen-bond acceptors (Lipinski definition) is 3. The number of carbonyl (C=O) groups is 1. The van der Waals surface area contributed by atoms with Crippen molar-refractivity contribution in [2.45, 2.75) is 19.3 Å². The third kappa shape index (κ3) is 3.67. The van der Waals surface area contributed by atoms with Crippen molar-refractivity contribution in [2.24, 2.45) is 0 Å².